The van der Waals surface area contributed by atoms with E-state index in [9.17, 15) is 0 Å². The smallest absolute Gasteiger partial charge is 0.160 e. The normalized spacial score (nSPS) is 12.0. The summed E-state index contributed by atoms with van der Waals surface area (Å²) in [4.78, 5) is 11.2. The van der Waals surface area contributed by atoms with Crippen molar-refractivity contribution in [1.29, 1.82) is 0 Å². The molecule has 0 aliphatic rings. The van der Waals surface area contributed by atoms with Crippen LogP contribution in [0, 0.1) is 0 Å². The minimum absolute atomic E-state index is 0.663. The Morgan fingerprint density at radius 3 is 1.08 bits per heavy atom. The van der Waals surface area contributed by atoms with Crippen LogP contribution in [-0.4, -0.2) is 28.2 Å². The first-order valence-electron chi connectivity index (χ1n) is 30.8. The van der Waals surface area contributed by atoms with E-state index in [-0.39, 0.29) is 0 Å². The summed E-state index contributed by atoms with van der Waals surface area (Å²) in [6.45, 7) is 0. The second-order valence-corrected chi connectivity index (χ2v) is 23.7. The molecule has 90 heavy (non-hydrogen) atoms. The van der Waals surface area contributed by atoms with Crippen molar-refractivity contribution in [3.05, 3.63) is 315 Å². The molecule has 0 atom stereocenters. The van der Waals surface area contributed by atoms with Crippen LogP contribution in [-0.2, 0) is 0 Å². The van der Waals surface area contributed by atoms with Crippen molar-refractivity contribution in [2.75, 3.05) is 0 Å². The van der Waals surface area contributed by atoms with E-state index < -0.39 is 0 Å². The van der Waals surface area contributed by atoms with E-state index in [2.05, 4.69) is 334 Å². The van der Waals surface area contributed by atoms with Crippen molar-refractivity contribution in [1.82, 2.24) is 28.2 Å². The first-order chi connectivity index (χ1) is 44.6. The largest absolute Gasteiger partial charge is 0.309 e. The Kier molecular flexibility index (Phi) is 11.0. The van der Waals surface area contributed by atoms with Crippen LogP contribution in [0.15, 0.2) is 315 Å². The van der Waals surface area contributed by atoms with E-state index in [1.807, 2.05) is 0 Å². The topological polar surface area (TPSA) is 45.5 Å². The molecule has 5 aromatic heterocycles. The summed E-state index contributed by atoms with van der Waals surface area (Å²) in [6.07, 6.45) is 0. The number of para-hydroxylation sites is 6. The van der Waals surface area contributed by atoms with Gasteiger partial charge in [0.25, 0.3) is 0 Å². The fourth-order valence-electron chi connectivity index (χ4n) is 14.7. The molecule has 5 heterocycles. The highest BCUT2D eigenvalue weighted by Gasteiger charge is 2.22. The molecule has 0 saturated carbocycles. The van der Waals surface area contributed by atoms with Crippen LogP contribution >= 0.6 is 0 Å². The van der Waals surface area contributed by atoms with E-state index in [1.165, 1.54) is 76.3 Å². The van der Waals surface area contributed by atoms with E-state index in [0.29, 0.717) is 5.82 Å². The predicted octanol–water partition coefficient (Wildman–Crippen LogP) is 21.8. The Morgan fingerprint density at radius 2 is 0.556 bits per heavy atom. The average molecular weight is 1150 g/mol. The second kappa shape index (κ2) is 19.7. The third kappa shape index (κ3) is 7.65. The van der Waals surface area contributed by atoms with Gasteiger partial charge in [-0.1, -0.05) is 200 Å². The van der Waals surface area contributed by atoms with Gasteiger partial charge >= 0.3 is 0 Å². The molecule has 6 nitrogen and oxygen atoms in total. The Hall–Kier alpha value is -12.1. The lowest BCUT2D eigenvalue weighted by molar-refractivity contribution is 1.17. The molecule has 0 amide bonds. The minimum atomic E-state index is 0.663. The highest BCUT2D eigenvalue weighted by Crippen LogP contribution is 2.43. The molecule has 418 valence electrons. The summed E-state index contributed by atoms with van der Waals surface area (Å²) in [7, 11) is 0. The van der Waals surface area contributed by atoms with Crippen LogP contribution in [0.5, 0.6) is 0 Å². The van der Waals surface area contributed by atoms with Crippen molar-refractivity contribution >= 4 is 109 Å². The SMILES string of the molecule is c1ccc(-n2c3ccccc3c3cc(-c4ccc5c6ccccc6n(-c6cccc(-c7nc(-c8cccc(-n9c%10ccccc%10c%10ccc(-c%11ccc%12c(c%11)c%11ccccc%11n%12-c%11ccccc%11)cc%109)c8)c8ccc9ccccc9c8n7)c6)c5c4)ccc32)cc1. The molecule has 0 bridgehead atoms. The van der Waals surface area contributed by atoms with Crippen molar-refractivity contribution in [2.45, 2.75) is 0 Å². The van der Waals surface area contributed by atoms with Gasteiger partial charge in [-0.05, 0) is 143 Å². The molecular formula is C84H52N6. The molecule has 19 aromatic rings. The van der Waals surface area contributed by atoms with Gasteiger partial charge in [-0.2, -0.15) is 0 Å². The molecule has 19 rings (SSSR count). The molecule has 0 saturated heterocycles. The molecule has 0 spiro atoms. The van der Waals surface area contributed by atoms with Gasteiger partial charge in [0.1, 0.15) is 0 Å². The number of rotatable bonds is 8. The maximum Gasteiger partial charge on any atom is 0.160 e. The highest BCUT2D eigenvalue weighted by atomic mass is 15.0. The number of fused-ring (bicyclic) bond motifs is 15. The zero-order valence-corrected chi connectivity index (χ0v) is 48.7. The van der Waals surface area contributed by atoms with Crippen molar-refractivity contribution in [3.63, 3.8) is 0 Å². The van der Waals surface area contributed by atoms with Crippen LogP contribution in [0.2, 0.25) is 0 Å². The fraction of sp³-hybridized carbons (Fsp3) is 0. The van der Waals surface area contributed by atoms with Gasteiger partial charge in [-0.25, -0.2) is 9.97 Å². The van der Waals surface area contributed by atoms with Gasteiger partial charge in [0, 0.05) is 87.7 Å². The van der Waals surface area contributed by atoms with Gasteiger partial charge < -0.3 is 18.3 Å². The third-order valence-electron chi connectivity index (χ3n) is 18.7. The first kappa shape index (κ1) is 50.1. The highest BCUT2D eigenvalue weighted by molar-refractivity contribution is 6.15. The molecule has 0 fully saturated rings. The van der Waals surface area contributed by atoms with E-state index >= 15 is 0 Å². The summed E-state index contributed by atoms with van der Waals surface area (Å²) >= 11 is 0. The van der Waals surface area contributed by atoms with Crippen LogP contribution in [0.3, 0.4) is 0 Å². The molecular weight excluding hydrogens is 1090 g/mol. The molecule has 6 heteroatoms. The molecule has 0 unspecified atom stereocenters. The molecule has 0 aliphatic carbocycles. The Bertz CT molecular complexity index is 6160. The minimum Gasteiger partial charge on any atom is -0.309 e. The quantitative estimate of drug-likeness (QED) is 0.142. The Labute approximate surface area is 517 Å². The zero-order valence-electron chi connectivity index (χ0n) is 48.7. The maximum absolute atomic E-state index is 5.65. The van der Waals surface area contributed by atoms with Gasteiger partial charge in [0.15, 0.2) is 5.82 Å². The summed E-state index contributed by atoms with van der Waals surface area (Å²) in [6, 6.07) is 115. The lowest BCUT2D eigenvalue weighted by Gasteiger charge is -2.15. The van der Waals surface area contributed by atoms with Crippen LogP contribution in [0.1, 0.15) is 0 Å². The maximum atomic E-state index is 5.65. The third-order valence-corrected chi connectivity index (χ3v) is 18.7. The lowest BCUT2D eigenvalue weighted by Crippen LogP contribution is -1.99. The number of nitrogens with zero attached hydrogens (tertiary/aromatic N) is 6. The zero-order chi connectivity index (χ0) is 59.0. The number of benzene rings is 14. The summed E-state index contributed by atoms with van der Waals surface area (Å²) in [5, 5.41) is 12.9. The van der Waals surface area contributed by atoms with E-state index in [4.69, 9.17) is 9.97 Å². The average Bonchev–Trinajstić information content (AvgIpc) is 1.64. The Balaban J connectivity index is 0.748. The summed E-state index contributed by atoms with van der Waals surface area (Å²) in [5.74, 6) is 0.663. The molecule has 14 aromatic carbocycles. The lowest BCUT2D eigenvalue weighted by atomic mass is 10.0. The van der Waals surface area contributed by atoms with Gasteiger partial charge in [0.05, 0.1) is 55.3 Å². The summed E-state index contributed by atoms with van der Waals surface area (Å²) < 4.78 is 9.60. The number of hydrogen-bond donors (Lipinski definition) is 0. The fourth-order valence-corrected chi connectivity index (χ4v) is 14.7. The van der Waals surface area contributed by atoms with Crippen LogP contribution < -0.4 is 0 Å². The van der Waals surface area contributed by atoms with E-state index in [1.54, 1.807) is 0 Å². The Morgan fingerprint density at radius 1 is 0.189 bits per heavy atom. The van der Waals surface area contributed by atoms with Gasteiger partial charge in [-0.3, -0.25) is 0 Å². The summed E-state index contributed by atoms with van der Waals surface area (Å²) in [5.41, 5.74) is 22.1. The molecule has 0 aliphatic heterocycles. The van der Waals surface area contributed by atoms with Crippen LogP contribution in [0.25, 0.3) is 177 Å². The van der Waals surface area contributed by atoms with Crippen molar-refractivity contribution in [2.24, 2.45) is 0 Å². The van der Waals surface area contributed by atoms with Crippen LogP contribution in [0.4, 0.5) is 0 Å². The van der Waals surface area contributed by atoms with Crippen molar-refractivity contribution in [3.8, 4) is 67.6 Å². The monoisotopic (exact) mass is 1140 g/mol. The predicted molar refractivity (Wildman–Crippen MR) is 376 cm³/mol. The van der Waals surface area contributed by atoms with Crippen molar-refractivity contribution < 1.29 is 0 Å². The van der Waals surface area contributed by atoms with E-state index in [0.717, 1.165) is 94.4 Å². The van der Waals surface area contributed by atoms with Gasteiger partial charge in [0.2, 0.25) is 0 Å². The number of aromatic nitrogens is 6. The standard InChI is InChI=1S/C84H52N6/c1-3-22-60(23-4-1)87-76-35-15-11-31-67(76)72-49-54(40-45-78(72)87)56-38-42-69-65-29-9-13-33-74(65)89(80(69)51-56)62-26-17-20-58(47-62)82-71-44-37-53-19-7-8-28-64(53)83(71)86-84(85-82)59-21-18-27-63(48-59)90-75-34-14-10-30-66(75)70-43-39-57(52-81(70)90)55-41-46-79-73(50-55)68-32-12-16-36-77(68)88(79)61-24-5-2-6-25-61/h1-52H. The number of hydrogen-bond acceptors (Lipinski definition) is 2. The molecule has 0 N–H and O–H groups in total. The second-order valence-electron chi connectivity index (χ2n) is 23.7. The molecule has 0 radical (unpaired) electrons. The van der Waals surface area contributed by atoms with Gasteiger partial charge in [-0.15, -0.1) is 0 Å². The first-order valence-corrected chi connectivity index (χ1v) is 30.8.